The highest BCUT2D eigenvalue weighted by Crippen LogP contribution is 2.27. The van der Waals surface area contributed by atoms with Crippen LogP contribution < -0.4 is 4.90 Å². The average Bonchev–Trinajstić information content (AvgIpc) is 3.41. The highest BCUT2D eigenvalue weighted by molar-refractivity contribution is 9.10. The monoisotopic (exact) mass is 494 g/mol. The number of anilines is 1. The summed E-state index contributed by atoms with van der Waals surface area (Å²) in [6.45, 7) is 6.05. The topological polar surface area (TPSA) is 80.3 Å². The molecule has 1 atom stereocenters. The number of hydrogen-bond acceptors (Lipinski definition) is 6. The van der Waals surface area contributed by atoms with E-state index in [1.165, 1.54) is 4.80 Å². The normalized spacial score (nSPS) is 17.0. The van der Waals surface area contributed by atoms with Crippen LogP contribution in [0.4, 0.5) is 6.01 Å². The summed E-state index contributed by atoms with van der Waals surface area (Å²) in [6.07, 6.45) is 4.04. The molecule has 1 saturated heterocycles. The number of benzene rings is 2. The highest BCUT2D eigenvalue weighted by Gasteiger charge is 2.29. The Hall–Kier alpha value is -3.20. The molecule has 9 heteroatoms. The first-order chi connectivity index (χ1) is 15.5. The molecule has 2 aromatic heterocycles. The fourth-order valence-corrected chi connectivity index (χ4v) is 4.42. The average molecular weight is 495 g/mol. The van der Waals surface area contributed by atoms with E-state index >= 15 is 0 Å². The number of amides is 1. The van der Waals surface area contributed by atoms with Crippen molar-refractivity contribution in [3.8, 4) is 5.69 Å². The maximum absolute atomic E-state index is 13.6. The number of halogens is 1. The Morgan fingerprint density at radius 3 is 2.72 bits per heavy atom. The van der Waals surface area contributed by atoms with E-state index < -0.39 is 0 Å². The predicted octanol–water partition coefficient (Wildman–Crippen LogP) is 4.22. The molecule has 1 aliphatic heterocycles. The summed E-state index contributed by atoms with van der Waals surface area (Å²) in [7, 11) is 0. The van der Waals surface area contributed by atoms with Crippen LogP contribution in [0.5, 0.6) is 0 Å². The zero-order chi connectivity index (χ0) is 22.2. The maximum atomic E-state index is 13.6. The molecule has 1 amide bonds. The Labute approximate surface area is 193 Å². The summed E-state index contributed by atoms with van der Waals surface area (Å²) in [6, 6.07) is 12.2. The smallest absolute Gasteiger partial charge is 0.298 e. The van der Waals surface area contributed by atoms with E-state index in [2.05, 4.69) is 42.9 Å². The van der Waals surface area contributed by atoms with Crippen LogP contribution in [0.15, 0.2) is 57.7 Å². The molecule has 0 saturated carbocycles. The zero-order valence-corrected chi connectivity index (χ0v) is 19.5. The number of nitrogens with zero attached hydrogens (tertiary/aromatic N) is 6. The molecule has 1 fully saturated rings. The summed E-state index contributed by atoms with van der Waals surface area (Å²) in [4.78, 5) is 23.8. The molecule has 0 bridgehead atoms. The van der Waals surface area contributed by atoms with Gasteiger partial charge in [-0.2, -0.15) is 20.0 Å². The maximum Gasteiger partial charge on any atom is 0.298 e. The lowest BCUT2D eigenvalue weighted by Gasteiger charge is -2.27. The first-order valence-corrected chi connectivity index (χ1v) is 11.4. The van der Waals surface area contributed by atoms with Crippen molar-refractivity contribution < 1.29 is 9.21 Å². The van der Waals surface area contributed by atoms with Crippen LogP contribution >= 0.6 is 15.9 Å². The van der Waals surface area contributed by atoms with Gasteiger partial charge in [0.1, 0.15) is 5.52 Å². The van der Waals surface area contributed by atoms with Crippen molar-refractivity contribution in [2.24, 2.45) is 0 Å². The van der Waals surface area contributed by atoms with Gasteiger partial charge in [0, 0.05) is 30.1 Å². The largest absolute Gasteiger partial charge is 0.423 e. The summed E-state index contributed by atoms with van der Waals surface area (Å²) in [5.41, 5.74) is 3.88. The molecule has 0 aliphatic carbocycles. The van der Waals surface area contributed by atoms with Gasteiger partial charge in [-0.1, -0.05) is 27.6 Å². The van der Waals surface area contributed by atoms with Crippen LogP contribution in [0.3, 0.4) is 0 Å². The number of aromatic nitrogens is 4. The number of hydrogen-bond donors (Lipinski definition) is 0. The zero-order valence-electron chi connectivity index (χ0n) is 17.9. The molecule has 5 rings (SSSR count). The van der Waals surface area contributed by atoms with Gasteiger partial charge in [0.05, 0.1) is 23.6 Å². The Morgan fingerprint density at radius 1 is 1.09 bits per heavy atom. The molecular weight excluding hydrogens is 472 g/mol. The SMILES string of the molecule is Cc1ccc(-n2nccn2)c(C(=O)N2CCN(c3nc4cc(Br)ccc4o3)CC[C@H]2C)c1. The van der Waals surface area contributed by atoms with Crippen LogP contribution in [-0.2, 0) is 0 Å². The van der Waals surface area contributed by atoms with Gasteiger partial charge in [-0.05, 0) is 50.6 Å². The minimum Gasteiger partial charge on any atom is -0.423 e. The minimum atomic E-state index is -0.0168. The predicted molar refractivity (Wildman–Crippen MR) is 125 cm³/mol. The minimum absolute atomic E-state index is 0.0168. The molecule has 0 spiro atoms. The summed E-state index contributed by atoms with van der Waals surface area (Å²) in [5, 5.41) is 8.45. The molecule has 1 aliphatic rings. The molecule has 8 nitrogen and oxygen atoms in total. The van der Waals surface area contributed by atoms with Crippen molar-refractivity contribution in [3.05, 3.63) is 64.4 Å². The third-order valence-corrected chi connectivity index (χ3v) is 6.34. The molecule has 32 heavy (non-hydrogen) atoms. The lowest BCUT2D eigenvalue weighted by Crippen LogP contribution is -2.40. The molecule has 4 aromatic rings. The number of fused-ring (bicyclic) bond motifs is 1. The third kappa shape index (κ3) is 3.88. The second-order valence-electron chi connectivity index (χ2n) is 8.07. The van der Waals surface area contributed by atoms with E-state index in [9.17, 15) is 4.79 Å². The van der Waals surface area contributed by atoms with E-state index in [-0.39, 0.29) is 11.9 Å². The molecule has 3 heterocycles. The van der Waals surface area contributed by atoms with Crippen molar-refractivity contribution in [1.82, 2.24) is 24.9 Å². The van der Waals surface area contributed by atoms with Gasteiger partial charge in [0.25, 0.3) is 11.9 Å². The van der Waals surface area contributed by atoms with E-state index in [0.29, 0.717) is 30.4 Å². The van der Waals surface area contributed by atoms with Crippen LogP contribution in [0.25, 0.3) is 16.8 Å². The van der Waals surface area contributed by atoms with Gasteiger partial charge in [-0.15, -0.1) is 0 Å². The van der Waals surface area contributed by atoms with Crippen LogP contribution in [0, 0.1) is 6.92 Å². The fourth-order valence-electron chi connectivity index (χ4n) is 4.07. The molecule has 0 N–H and O–H groups in total. The standard InChI is InChI=1S/C23H23BrN6O2/c1-15-3-5-20(30-25-8-9-26-30)18(13-15)22(31)29-12-11-28(10-7-16(29)2)23-27-19-14-17(24)4-6-21(19)32-23/h3-6,8-9,13-14,16H,7,10-12H2,1-2H3/t16-/m1/s1. The van der Waals surface area contributed by atoms with Crippen LogP contribution in [0.2, 0.25) is 0 Å². The Bertz CT molecular complexity index is 1270. The van der Waals surface area contributed by atoms with Gasteiger partial charge in [-0.25, -0.2) is 0 Å². The Balaban J connectivity index is 1.41. The van der Waals surface area contributed by atoms with E-state index in [1.54, 1.807) is 12.4 Å². The number of carbonyl (C=O) groups excluding carboxylic acids is 1. The number of carbonyl (C=O) groups is 1. The van der Waals surface area contributed by atoms with Crippen molar-refractivity contribution in [2.75, 3.05) is 24.5 Å². The van der Waals surface area contributed by atoms with Crippen molar-refractivity contribution >= 4 is 39.0 Å². The first-order valence-electron chi connectivity index (χ1n) is 10.6. The van der Waals surface area contributed by atoms with Crippen molar-refractivity contribution in [3.63, 3.8) is 0 Å². The summed E-state index contributed by atoms with van der Waals surface area (Å²) in [5.74, 6) is -0.0168. The van der Waals surface area contributed by atoms with E-state index in [1.807, 2.05) is 48.2 Å². The van der Waals surface area contributed by atoms with Crippen molar-refractivity contribution in [2.45, 2.75) is 26.3 Å². The van der Waals surface area contributed by atoms with Gasteiger partial charge in [0.2, 0.25) is 0 Å². The number of aryl methyl sites for hydroxylation is 1. The summed E-state index contributed by atoms with van der Waals surface area (Å²) >= 11 is 3.48. The molecule has 2 aromatic carbocycles. The molecule has 0 radical (unpaired) electrons. The number of oxazole rings is 1. The van der Waals surface area contributed by atoms with E-state index in [4.69, 9.17) is 4.42 Å². The van der Waals surface area contributed by atoms with E-state index in [0.717, 1.165) is 34.1 Å². The second-order valence-corrected chi connectivity index (χ2v) is 8.99. The highest BCUT2D eigenvalue weighted by atomic mass is 79.9. The third-order valence-electron chi connectivity index (χ3n) is 5.85. The Morgan fingerprint density at radius 2 is 1.91 bits per heavy atom. The Kier molecular flexibility index (Phi) is 5.42. The quantitative estimate of drug-likeness (QED) is 0.424. The molecule has 164 valence electrons. The first kappa shape index (κ1) is 20.7. The van der Waals surface area contributed by atoms with Gasteiger partial charge < -0.3 is 14.2 Å². The van der Waals surface area contributed by atoms with Crippen molar-refractivity contribution in [1.29, 1.82) is 0 Å². The fraction of sp³-hybridized carbons (Fsp3) is 0.304. The van der Waals surface area contributed by atoms with Gasteiger partial charge >= 0.3 is 0 Å². The van der Waals surface area contributed by atoms with Gasteiger partial charge in [0.15, 0.2) is 5.58 Å². The van der Waals surface area contributed by atoms with Crippen LogP contribution in [0.1, 0.15) is 29.3 Å². The second kappa shape index (κ2) is 8.38. The lowest BCUT2D eigenvalue weighted by atomic mass is 10.1. The molecular formula is C23H23BrN6O2. The summed E-state index contributed by atoms with van der Waals surface area (Å²) < 4.78 is 6.95. The molecule has 0 unspecified atom stereocenters. The van der Waals surface area contributed by atoms with Crippen LogP contribution in [-0.4, -0.2) is 56.5 Å². The van der Waals surface area contributed by atoms with Gasteiger partial charge in [-0.3, -0.25) is 4.79 Å². The lowest BCUT2D eigenvalue weighted by molar-refractivity contribution is 0.0704. The number of rotatable bonds is 3.